The molecule has 0 spiro atoms. The number of methoxy groups -OCH3 is 2. The van der Waals surface area contributed by atoms with E-state index in [9.17, 15) is 14.4 Å². The maximum atomic E-state index is 13.8. The predicted octanol–water partition coefficient (Wildman–Crippen LogP) is 4.38. The van der Waals surface area contributed by atoms with Gasteiger partial charge in [0.1, 0.15) is 17.5 Å². The molecular formula is C26H21BrClN3O5. The highest BCUT2D eigenvalue weighted by molar-refractivity contribution is 9.10. The first kappa shape index (κ1) is 24.3. The number of nitrogens with zero attached hydrogens (tertiary/aromatic N) is 2. The van der Waals surface area contributed by atoms with Gasteiger partial charge in [0.25, 0.3) is 11.8 Å². The Hall–Kier alpha value is -3.40. The Labute approximate surface area is 220 Å². The normalized spacial score (nSPS) is 21.1. The Morgan fingerprint density at radius 1 is 0.972 bits per heavy atom. The molecule has 3 amide bonds. The van der Waals surface area contributed by atoms with E-state index in [1.54, 1.807) is 66.7 Å². The molecule has 0 bridgehead atoms. The predicted molar refractivity (Wildman–Crippen MR) is 137 cm³/mol. The van der Waals surface area contributed by atoms with Crippen LogP contribution in [0.3, 0.4) is 0 Å². The third kappa shape index (κ3) is 3.93. The molecule has 5 rings (SSSR count). The van der Waals surface area contributed by atoms with Crippen LogP contribution in [0.2, 0.25) is 5.02 Å². The molecule has 0 radical (unpaired) electrons. The van der Waals surface area contributed by atoms with Crippen molar-refractivity contribution in [1.29, 1.82) is 0 Å². The van der Waals surface area contributed by atoms with Crippen molar-refractivity contribution in [3.05, 3.63) is 87.4 Å². The molecule has 2 saturated heterocycles. The Kier molecular flexibility index (Phi) is 6.46. The van der Waals surface area contributed by atoms with Crippen molar-refractivity contribution in [3.63, 3.8) is 0 Å². The molecular weight excluding hydrogens is 550 g/mol. The smallest absolute Gasteiger partial charge is 0.268 e. The zero-order valence-corrected chi connectivity index (χ0v) is 21.6. The molecule has 184 valence electrons. The van der Waals surface area contributed by atoms with Gasteiger partial charge < -0.3 is 9.47 Å². The Bertz CT molecular complexity index is 1380. The molecule has 3 atom stereocenters. The number of hydrogen-bond donors (Lipinski definition) is 1. The lowest BCUT2D eigenvalue weighted by atomic mass is 9.90. The van der Waals surface area contributed by atoms with Crippen LogP contribution in [0.4, 0.5) is 5.69 Å². The van der Waals surface area contributed by atoms with Gasteiger partial charge in [-0.2, -0.15) is 0 Å². The van der Waals surface area contributed by atoms with Crippen LogP contribution in [0.1, 0.15) is 22.0 Å². The van der Waals surface area contributed by atoms with Crippen LogP contribution < -0.4 is 19.8 Å². The fraction of sp³-hybridized carbons (Fsp3) is 0.192. The summed E-state index contributed by atoms with van der Waals surface area (Å²) in [6.45, 7) is 0. The molecule has 3 unspecified atom stereocenters. The number of ether oxygens (including phenoxy) is 2. The number of nitrogens with one attached hydrogen (secondary N) is 1. The lowest BCUT2D eigenvalue weighted by Crippen LogP contribution is -2.48. The van der Waals surface area contributed by atoms with Gasteiger partial charge >= 0.3 is 0 Å². The number of anilines is 1. The minimum absolute atomic E-state index is 0.257. The highest BCUT2D eigenvalue weighted by atomic mass is 79.9. The van der Waals surface area contributed by atoms with Gasteiger partial charge in [-0.05, 0) is 48.5 Å². The highest BCUT2D eigenvalue weighted by Gasteiger charge is 2.61. The van der Waals surface area contributed by atoms with Crippen LogP contribution >= 0.6 is 27.5 Å². The van der Waals surface area contributed by atoms with E-state index >= 15 is 0 Å². The number of hydrazine groups is 1. The first-order valence-electron chi connectivity index (χ1n) is 11.0. The topological polar surface area (TPSA) is 88.2 Å². The number of rotatable bonds is 5. The molecule has 10 heteroatoms. The molecule has 2 aliphatic rings. The van der Waals surface area contributed by atoms with Crippen LogP contribution in [0.5, 0.6) is 11.5 Å². The largest absolute Gasteiger partial charge is 0.497 e. The summed E-state index contributed by atoms with van der Waals surface area (Å²) < 4.78 is 11.7. The molecule has 36 heavy (non-hydrogen) atoms. The van der Waals surface area contributed by atoms with E-state index in [-0.39, 0.29) is 10.7 Å². The minimum Gasteiger partial charge on any atom is -0.497 e. The average molecular weight is 571 g/mol. The summed E-state index contributed by atoms with van der Waals surface area (Å²) in [4.78, 5) is 42.3. The van der Waals surface area contributed by atoms with Crippen LogP contribution in [-0.2, 0) is 9.59 Å². The summed E-state index contributed by atoms with van der Waals surface area (Å²) >= 11 is 9.74. The van der Waals surface area contributed by atoms with Crippen LogP contribution in [-0.4, -0.2) is 43.0 Å². The van der Waals surface area contributed by atoms with Gasteiger partial charge in [-0.1, -0.05) is 45.7 Å². The van der Waals surface area contributed by atoms with Crippen molar-refractivity contribution >= 4 is 50.9 Å². The Morgan fingerprint density at radius 3 is 2.44 bits per heavy atom. The zero-order chi connectivity index (χ0) is 25.6. The zero-order valence-electron chi connectivity index (χ0n) is 19.3. The van der Waals surface area contributed by atoms with E-state index in [0.29, 0.717) is 27.1 Å². The van der Waals surface area contributed by atoms with Crippen molar-refractivity contribution in [3.8, 4) is 11.5 Å². The molecule has 8 nitrogen and oxygen atoms in total. The second kappa shape index (κ2) is 9.57. The quantitative estimate of drug-likeness (QED) is 0.458. The van der Waals surface area contributed by atoms with Gasteiger partial charge in [0, 0.05) is 15.6 Å². The fourth-order valence-corrected chi connectivity index (χ4v) is 5.37. The Morgan fingerprint density at radius 2 is 1.75 bits per heavy atom. The van der Waals surface area contributed by atoms with Crippen LogP contribution in [0, 0.1) is 5.92 Å². The fourth-order valence-electron chi connectivity index (χ4n) is 4.75. The second-order valence-electron chi connectivity index (χ2n) is 8.33. The SMILES string of the molecule is COc1ccc(OC)c(C2NN(C(=O)c3cccc(Br)c3)C3C(=O)N(c4ccccc4Cl)C(=O)C23)c1. The lowest BCUT2D eigenvalue weighted by Gasteiger charge is -2.26. The van der Waals surface area contributed by atoms with E-state index in [0.717, 1.165) is 4.90 Å². The molecule has 0 saturated carbocycles. The standard InChI is InChI=1S/C26H21BrClN3O5/c1-35-16-10-11-20(36-2)17(13-16)22-21-23(31(29-22)24(32)14-6-5-7-15(27)12-14)26(34)30(25(21)33)19-9-4-3-8-18(19)28/h3-13,21-23,29H,1-2H3. The lowest BCUT2D eigenvalue weighted by molar-refractivity contribution is -0.123. The summed E-state index contributed by atoms with van der Waals surface area (Å²) in [6, 6.07) is 16.8. The number of imide groups is 1. The first-order valence-corrected chi connectivity index (χ1v) is 12.2. The van der Waals surface area contributed by atoms with Crippen molar-refractivity contribution in [2.75, 3.05) is 19.1 Å². The molecule has 3 aromatic rings. The van der Waals surface area contributed by atoms with Gasteiger partial charge in [-0.25, -0.2) is 10.3 Å². The molecule has 0 aromatic heterocycles. The number of halogens is 2. The van der Waals surface area contributed by atoms with Crippen molar-refractivity contribution < 1.29 is 23.9 Å². The van der Waals surface area contributed by atoms with Crippen LogP contribution in [0.15, 0.2) is 71.2 Å². The molecule has 2 aliphatic heterocycles. The third-order valence-electron chi connectivity index (χ3n) is 6.39. The van der Waals surface area contributed by atoms with Gasteiger partial charge in [0.15, 0.2) is 0 Å². The summed E-state index contributed by atoms with van der Waals surface area (Å²) in [5.41, 5.74) is 4.34. The number of fused-ring (bicyclic) bond motifs is 1. The van der Waals surface area contributed by atoms with Gasteiger partial charge in [0.05, 0.1) is 36.9 Å². The molecule has 2 fully saturated rings. The summed E-state index contributed by atoms with van der Waals surface area (Å²) in [5, 5.41) is 1.50. The van der Waals surface area contributed by atoms with Crippen molar-refractivity contribution in [1.82, 2.24) is 10.4 Å². The van der Waals surface area contributed by atoms with Crippen molar-refractivity contribution in [2.45, 2.75) is 12.1 Å². The summed E-state index contributed by atoms with van der Waals surface area (Å²) in [5.74, 6) is -1.35. The number of carbonyl (C=O) groups excluding carboxylic acids is 3. The second-order valence-corrected chi connectivity index (χ2v) is 9.66. The van der Waals surface area contributed by atoms with Crippen molar-refractivity contribution in [2.24, 2.45) is 5.92 Å². The van der Waals surface area contributed by atoms with E-state index < -0.39 is 35.7 Å². The van der Waals surface area contributed by atoms with E-state index in [2.05, 4.69) is 21.4 Å². The number of hydrogen-bond acceptors (Lipinski definition) is 6. The third-order valence-corrected chi connectivity index (χ3v) is 7.20. The molecule has 1 N–H and O–H groups in total. The van der Waals surface area contributed by atoms with Gasteiger partial charge in [-0.15, -0.1) is 0 Å². The van der Waals surface area contributed by atoms with Crippen LogP contribution in [0.25, 0.3) is 0 Å². The number of carbonyl (C=O) groups is 3. The maximum Gasteiger partial charge on any atom is 0.268 e. The summed E-state index contributed by atoms with van der Waals surface area (Å²) in [6.07, 6.45) is 0. The van der Waals surface area contributed by atoms with E-state index in [1.165, 1.54) is 19.2 Å². The first-order chi connectivity index (χ1) is 17.3. The van der Waals surface area contributed by atoms with Gasteiger partial charge in [0.2, 0.25) is 5.91 Å². The molecule has 3 aromatic carbocycles. The number of benzene rings is 3. The molecule has 0 aliphatic carbocycles. The number of para-hydroxylation sites is 1. The minimum atomic E-state index is -1.10. The Balaban J connectivity index is 1.64. The summed E-state index contributed by atoms with van der Waals surface area (Å²) in [7, 11) is 3.04. The van der Waals surface area contributed by atoms with E-state index in [1.807, 2.05) is 0 Å². The average Bonchev–Trinajstić information content (AvgIpc) is 3.40. The van der Waals surface area contributed by atoms with Gasteiger partial charge in [-0.3, -0.25) is 19.4 Å². The maximum absolute atomic E-state index is 13.8. The number of amides is 3. The monoisotopic (exact) mass is 569 g/mol. The van der Waals surface area contributed by atoms with E-state index in [4.69, 9.17) is 21.1 Å². The highest BCUT2D eigenvalue weighted by Crippen LogP contribution is 2.46. The molecule has 2 heterocycles.